The van der Waals surface area contributed by atoms with Crippen LogP contribution >= 0.6 is 23.1 Å². The van der Waals surface area contributed by atoms with Crippen LogP contribution in [0.4, 0.5) is 5.13 Å². The summed E-state index contributed by atoms with van der Waals surface area (Å²) in [5.41, 5.74) is 4.60. The summed E-state index contributed by atoms with van der Waals surface area (Å²) in [6.45, 7) is 5.55. The van der Waals surface area contributed by atoms with Gasteiger partial charge in [-0.15, -0.1) is 11.8 Å². The van der Waals surface area contributed by atoms with Gasteiger partial charge in [-0.25, -0.2) is 4.98 Å². The average molecular weight is 427 g/mol. The maximum absolute atomic E-state index is 13.2. The summed E-state index contributed by atoms with van der Waals surface area (Å²) in [6.07, 6.45) is 2.17. The van der Waals surface area contributed by atoms with Crippen molar-refractivity contribution in [1.82, 2.24) is 4.98 Å². The van der Waals surface area contributed by atoms with E-state index in [1.165, 1.54) is 15.8 Å². The molecule has 2 heterocycles. The van der Waals surface area contributed by atoms with Crippen LogP contribution in [0, 0.1) is 13.8 Å². The van der Waals surface area contributed by atoms with Gasteiger partial charge in [0.15, 0.2) is 5.13 Å². The topological polar surface area (TPSA) is 42.4 Å². The predicted molar refractivity (Wildman–Crippen MR) is 123 cm³/mol. The summed E-state index contributed by atoms with van der Waals surface area (Å²) in [4.78, 5) is 19.9. The predicted octanol–water partition coefficient (Wildman–Crippen LogP) is 5.36. The second-order valence-electron chi connectivity index (χ2n) is 7.49. The molecule has 1 aliphatic heterocycles. The first-order valence-corrected chi connectivity index (χ1v) is 12.0. The Morgan fingerprint density at radius 1 is 1.21 bits per heavy atom. The van der Waals surface area contributed by atoms with Crippen LogP contribution in [0.25, 0.3) is 10.2 Å². The van der Waals surface area contributed by atoms with Crippen molar-refractivity contribution >= 4 is 44.4 Å². The molecule has 1 atom stereocenters. The lowest BCUT2D eigenvalue weighted by atomic mass is 10.1. The lowest BCUT2D eigenvalue weighted by Crippen LogP contribution is -2.38. The summed E-state index contributed by atoms with van der Waals surface area (Å²) in [5.74, 6) is 1.38. The molecule has 4 rings (SSSR count). The molecule has 3 aromatic rings. The summed E-state index contributed by atoms with van der Waals surface area (Å²) >= 11 is 3.27. The molecule has 1 amide bonds. The van der Waals surface area contributed by atoms with Gasteiger partial charge < -0.3 is 4.74 Å². The minimum Gasteiger partial charge on any atom is -0.376 e. The first-order valence-electron chi connectivity index (χ1n) is 10.0. The van der Waals surface area contributed by atoms with Crippen molar-refractivity contribution in [2.24, 2.45) is 0 Å². The Bertz CT molecular complexity index is 942. The number of aryl methyl sites for hydroxylation is 2. The lowest BCUT2D eigenvalue weighted by Gasteiger charge is -2.23. The van der Waals surface area contributed by atoms with E-state index in [0.717, 1.165) is 41.4 Å². The van der Waals surface area contributed by atoms with Gasteiger partial charge in [-0.2, -0.15) is 0 Å². The molecule has 2 aromatic carbocycles. The molecule has 1 aliphatic rings. The molecule has 0 bridgehead atoms. The van der Waals surface area contributed by atoms with E-state index < -0.39 is 0 Å². The maximum Gasteiger partial charge on any atom is 0.238 e. The number of rotatable bonds is 7. The van der Waals surface area contributed by atoms with Gasteiger partial charge in [0.2, 0.25) is 5.91 Å². The molecule has 1 saturated heterocycles. The SMILES string of the molecule is Cc1ccc(C)c2sc(N(CC3CCCO3)C(=O)CSCc3ccccc3)nc12. The van der Waals surface area contributed by atoms with Crippen LogP contribution in [0.5, 0.6) is 0 Å². The van der Waals surface area contributed by atoms with Crippen LogP contribution in [-0.4, -0.2) is 35.9 Å². The molecule has 1 aromatic heterocycles. The molecule has 6 heteroatoms. The highest BCUT2D eigenvalue weighted by Gasteiger charge is 2.26. The van der Waals surface area contributed by atoms with Crippen LogP contribution in [0.1, 0.15) is 29.5 Å². The normalized spacial score (nSPS) is 16.4. The van der Waals surface area contributed by atoms with Gasteiger partial charge in [0.1, 0.15) is 0 Å². The fourth-order valence-corrected chi connectivity index (χ4v) is 5.55. The van der Waals surface area contributed by atoms with Gasteiger partial charge in [-0.05, 0) is 43.4 Å². The second-order valence-corrected chi connectivity index (χ2v) is 9.45. The number of anilines is 1. The number of aromatic nitrogens is 1. The Kier molecular flexibility index (Phi) is 6.53. The Hall–Kier alpha value is -1.89. The van der Waals surface area contributed by atoms with E-state index in [1.54, 1.807) is 23.1 Å². The molecule has 0 spiro atoms. The summed E-state index contributed by atoms with van der Waals surface area (Å²) in [6, 6.07) is 14.5. The van der Waals surface area contributed by atoms with Crippen LogP contribution in [-0.2, 0) is 15.3 Å². The molecular weight excluding hydrogens is 400 g/mol. The standard InChI is InChI=1S/C23H26N2O2S2/c1-16-10-11-17(2)22-21(16)24-23(29-22)25(13-19-9-6-12-27-19)20(26)15-28-14-18-7-4-3-5-8-18/h3-5,7-8,10-11,19H,6,9,12-15H2,1-2H3. The quantitative estimate of drug-likeness (QED) is 0.510. The van der Waals surface area contributed by atoms with E-state index in [2.05, 4.69) is 38.1 Å². The van der Waals surface area contributed by atoms with Crippen LogP contribution in [0.3, 0.4) is 0 Å². The average Bonchev–Trinajstić information content (AvgIpc) is 3.40. The monoisotopic (exact) mass is 426 g/mol. The molecule has 0 aliphatic carbocycles. The molecule has 0 radical (unpaired) electrons. The Morgan fingerprint density at radius 3 is 2.72 bits per heavy atom. The number of nitrogens with zero attached hydrogens (tertiary/aromatic N) is 2. The number of carbonyl (C=O) groups excluding carboxylic acids is 1. The molecule has 152 valence electrons. The number of fused-ring (bicyclic) bond motifs is 1. The molecule has 29 heavy (non-hydrogen) atoms. The van der Waals surface area contributed by atoms with Gasteiger partial charge in [0, 0.05) is 12.4 Å². The number of hydrogen-bond acceptors (Lipinski definition) is 5. The zero-order valence-electron chi connectivity index (χ0n) is 16.9. The Morgan fingerprint density at radius 2 is 2.00 bits per heavy atom. The highest BCUT2D eigenvalue weighted by Crippen LogP contribution is 2.34. The zero-order chi connectivity index (χ0) is 20.2. The minimum atomic E-state index is 0.104. The number of thioether (sulfide) groups is 1. The van der Waals surface area contributed by atoms with Gasteiger partial charge in [-0.1, -0.05) is 53.8 Å². The number of thiazole rings is 1. The first kappa shape index (κ1) is 20.4. The third kappa shape index (κ3) is 4.82. The van der Waals surface area contributed by atoms with E-state index in [4.69, 9.17) is 9.72 Å². The molecule has 4 nitrogen and oxygen atoms in total. The fraction of sp³-hybridized carbons (Fsp3) is 0.391. The van der Waals surface area contributed by atoms with Crippen molar-refractivity contribution in [3.8, 4) is 0 Å². The number of amides is 1. The van der Waals surface area contributed by atoms with E-state index in [0.29, 0.717) is 12.3 Å². The molecule has 0 N–H and O–H groups in total. The molecular formula is C23H26N2O2S2. The second kappa shape index (κ2) is 9.28. The number of carbonyl (C=O) groups is 1. The van der Waals surface area contributed by atoms with Gasteiger partial charge in [0.05, 0.1) is 28.6 Å². The van der Waals surface area contributed by atoms with Crippen molar-refractivity contribution in [1.29, 1.82) is 0 Å². The summed E-state index contributed by atoms with van der Waals surface area (Å²) in [5, 5.41) is 0.790. The van der Waals surface area contributed by atoms with E-state index in [1.807, 2.05) is 23.1 Å². The maximum atomic E-state index is 13.2. The molecule has 1 fully saturated rings. The van der Waals surface area contributed by atoms with Crippen LogP contribution in [0.15, 0.2) is 42.5 Å². The fourth-order valence-electron chi connectivity index (χ4n) is 3.55. The largest absolute Gasteiger partial charge is 0.376 e. The third-order valence-electron chi connectivity index (χ3n) is 5.21. The number of ether oxygens (including phenoxy) is 1. The van der Waals surface area contributed by atoms with E-state index in [-0.39, 0.29) is 12.0 Å². The zero-order valence-corrected chi connectivity index (χ0v) is 18.5. The van der Waals surface area contributed by atoms with Crippen LogP contribution in [0.2, 0.25) is 0 Å². The van der Waals surface area contributed by atoms with Crippen molar-refractivity contribution in [2.45, 2.75) is 38.5 Å². The molecule has 1 unspecified atom stereocenters. The lowest BCUT2D eigenvalue weighted by molar-refractivity contribution is -0.116. The van der Waals surface area contributed by atoms with E-state index >= 15 is 0 Å². The summed E-state index contributed by atoms with van der Waals surface area (Å²) in [7, 11) is 0. The van der Waals surface area contributed by atoms with Crippen molar-refractivity contribution in [3.05, 3.63) is 59.2 Å². The minimum absolute atomic E-state index is 0.104. The third-order valence-corrected chi connectivity index (χ3v) is 7.41. The first-order chi connectivity index (χ1) is 14.1. The molecule has 0 saturated carbocycles. The van der Waals surface area contributed by atoms with Crippen molar-refractivity contribution in [3.63, 3.8) is 0 Å². The van der Waals surface area contributed by atoms with Gasteiger partial charge >= 0.3 is 0 Å². The van der Waals surface area contributed by atoms with Gasteiger partial charge in [0.25, 0.3) is 0 Å². The number of hydrogen-bond donors (Lipinski definition) is 0. The Balaban J connectivity index is 1.53. The van der Waals surface area contributed by atoms with E-state index in [9.17, 15) is 4.79 Å². The highest BCUT2D eigenvalue weighted by molar-refractivity contribution is 7.99. The Labute approximate surface area is 180 Å². The van der Waals surface area contributed by atoms with Crippen LogP contribution < -0.4 is 4.90 Å². The summed E-state index contributed by atoms with van der Waals surface area (Å²) < 4.78 is 7.00. The van der Waals surface area contributed by atoms with Crippen molar-refractivity contribution in [2.75, 3.05) is 23.8 Å². The smallest absolute Gasteiger partial charge is 0.238 e. The number of benzene rings is 2. The highest BCUT2D eigenvalue weighted by atomic mass is 32.2. The van der Waals surface area contributed by atoms with Crippen molar-refractivity contribution < 1.29 is 9.53 Å². The van der Waals surface area contributed by atoms with Gasteiger partial charge in [-0.3, -0.25) is 9.69 Å².